The highest BCUT2D eigenvalue weighted by Crippen LogP contribution is 2.26. The van der Waals surface area contributed by atoms with Crippen molar-refractivity contribution in [1.29, 1.82) is 0 Å². The summed E-state index contributed by atoms with van der Waals surface area (Å²) in [6.45, 7) is 6.01. The number of nitrogens with zero attached hydrogens (tertiary/aromatic N) is 1. The van der Waals surface area contributed by atoms with Crippen LogP contribution in [0, 0.1) is 26.7 Å². The second kappa shape index (κ2) is 8.66. The van der Waals surface area contributed by atoms with Gasteiger partial charge >= 0.3 is 0 Å². The van der Waals surface area contributed by atoms with Gasteiger partial charge in [0.2, 0.25) is 17.7 Å². The molecule has 29 heavy (non-hydrogen) atoms. The Morgan fingerprint density at radius 1 is 1.10 bits per heavy atom. The van der Waals surface area contributed by atoms with Crippen LogP contribution in [0.4, 0.5) is 11.4 Å². The number of amides is 3. The molecular weight excluding hydrogens is 390 g/mol. The summed E-state index contributed by atoms with van der Waals surface area (Å²) < 4.78 is 0. The van der Waals surface area contributed by atoms with E-state index < -0.39 is 5.92 Å². The van der Waals surface area contributed by atoms with Crippen molar-refractivity contribution in [1.82, 2.24) is 5.32 Å². The van der Waals surface area contributed by atoms with Crippen LogP contribution in [-0.2, 0) is 14.4 Å². The van der Waals surface area contributed by atoms with Crippen LogP contribution < -0.4 is 15.5 Å². The fraction of sp³-hybridized carbons (Fsp3) is 0.318. The molecule has 0 aromatic heterocycles. The smallest absolute Gasteiger partial charge is 0.243 e. The van der Waals surface area contributed by atoms with E-state index in [-0.39, 0.29) is 37.2 Å². The molecule has 1 aliphatic heterocycles. The summed E-state index contributed by atoms with van der Waals surface area (Å²) in [5, 5.41) is 6.09. The van der Waals surface area contributed by atoms with Gasteiger partial charge in [0.15, 0.2) is 0 Å². The Balaban J connectivity index is 1.55. The van der Waals surface area contributed by atoms with Crippen LogP contribution in [0.5, 0.6) is 0 Å². The normalized spacial score (nSPS) is 16.1. The molecule has 2 aromatic carbocycles. The molecule has 1 saturated heterocycles. The van der Waals surface area contributed by atoms with Crippen molar-refractivity contribution in [3.63, 3.8) is 0 Å². The molecule has 7 heteroatoms. The second-order valence-corrected chi connectivity index (χ2v) is 7.86. The zero-order valence-electron chi connectivity index (χ0n) is 16.7. The van der Waals surface area contributed by atoms with E-state index in [0.29, 0.717) is 10.7 Å². The van der Waals surface area contributed by atoms with Crippen LogP contribution in [0.15, 0.2) is 36.4 Å². The number of rotatable bonds is 5. The van der Waals surface area contributed by atoms with Crippen molar-refractivity contribution in [3.8, 4) is 0 Å². The Hall–Kier alpha value is -2.86. The molecule has 2 aromatic rings. The molecule has 0 radical (unpaired) electrons. The number of halogens is 1. The van der Waals surface area contributed by atoms with E-state index in [1.807, 2.05) is 32.9 Å². The van der Waals surface area contributed by atoms with Crippen LogP contribution in [0.3, 0.4) is 0 Å². The van der Waals surface area contributed by atoms with Crippen molar-refractivity contribution >= 4 is 40.7 Å². The van der Waals surface area contributed by atoms with E-state index in [2.05, 4.69) is 10.6 Å². The minimum absolute atomic E-state index is 0.117. The second-order valence-electron chi connectivity index (χ2n) is 7.42. The van der Waals surface area contributed by atoms with Crippen LogP contribution >= 0.6 is 11.6 Å². The lowest BCUT2D eigenvalue weighted by Gasteiger charge is -2.17. The number of carbonyl (C=O) groups is 3. The van der Waals surface area contributed by atoms with Gasteiger partial charge < -0.3 is 15.5 Å². The molecule has 3 amide bonds. The number of benzene rings is 2. The summed E-state index contributed by atoms with van der Waals surface area (Å²) in [4.78, 5) is 38.6. The predicted octanol–water partition coefficient (Wildman–Crippen LogP) is 3.37. The average Bonchev–Trinajstić information content (AvgIpc) is 3.05. The van der Waals surface area contributed by atoms with E-state index in [0.717, 1.165) is 22.4 Å². The molecular formula is C22H24ClN3O3. The highest BCUT2D eigenvalue weighted by atomic mass is 35.5. The zero-order valence-corrected chi connectivity index (χ0v) is 17.5. The molecule has 0 saturated carbocycles. The standard InChI is InChI=1S/C22H24ClN3O3/c1-13-8-14(2)21(15(3)9-13)25-19(27)11-24-22(29)16-10-20(28)26(12-16)18-6-4-17(23)5-7-18/h4-9,16H,10-12H2,1-3H3,(H,24,29)(H,25,27). The topological polar surface area (TPSA) is 78.5 Å². The summed E-state index contributed by atoms with van der Waals surface area (Å²) in [5.41, 5.74) is 4.55. The summed E-state index contributed by atoms with van der Waals surface area (Å²) in [5.74, 6) is -1.22. The molecule has 6 nitrogen and oxygen atoms in total. The molecule has 2 N–H and O–H groups in total. The van der Waals surface area contributed by atoms with E-state index >= 15 is 0 Å². The predicted molar refractivity (Wildman–Crippen MR) is 114 cm³/mol. The van der Waals surface area contributed by atoms with Gasteiger partial charge in [-0.2, -0.15) is 0 Å². The molecule has 152 valence electrons. The lowest BCUT2D eigenvalue weighted by atomic mass is 10.1. The molecule has 1 heterocycles. The quantitative estimate of drug-likeness (QED) is 0.788. The SMILES string of the molecule is Cc1cc(C)c(NC(=O)CNC(=O)C2CC(=O)N(c3ccc(Cl)cc3)C2)c(C)c1. The number of aryl methyl sites for hydroxylation is 3. The maximum atomic E-state index is 12.5. The van der Waals surface area contributed by atoms with Crippen molar-refractivity contribution in [2.24, 2.45) is 5.92 Å². The number of hydrogen-bond donors (Lipinski definition) is 2. The minimum Gasteiger partial charge on any atom is -0.347 e. The van der Waals surface area contributed by atoms with Crippen LogP contribution in [0.1, 0.15) is 23.1 Å². The number of nitrogens with one attached hydrogen (secondary N) is 2. The molecule has 1 atom stereocenters. The van der Waals surface area contributed by atoms with E-state index in [1.54, 1.807) is 29.2 Å². The Kier molecular flexibility index (Phi) is 6.23. The third-order valence-electron chi connectivity index (χ3n) is 5.00. The largest absolute Gasteiger partial charge is 0.347 e. The maximum Gasteiger partial charge on any atom is 0.243 e. The molecule has 3 rings (SSSR count). The number of hydrogen-bond acceptors (Lipinski definition) is 3. The van der Waals surface area contributed by atoms with Gasteiger partial charge in [-0.25, -0.2) is 0 Å². The first-order valence-corrected chi connectivity index (χ1v) is 9.83. The highest BCUT2D eigenvalue weighted by Gasteiger charge is 2.35. The van der Waals surface area contributed by atoms with Gasteiger partial charge in [-0.15, -0.1) is 0 Å². The fourth-order valence-corrected chi connectivity index (χ4v) is 3.75. The van der Waals surface area contributed by atoms with Crippen molar-refractivity contribution < 1.29 is 14.4 Å². The van der Waals surface area contributed by atoms with Crippen LogP contribution in [0.2, 0.25) is 5.02 Å². The summed E-state index contributed by atoms with van der Waals surface area (Å²) in [6.07, 6.45) is 0.117. The first kappa shape index (κ1) is 20.9. The third kappa shape index (κ3) is 4.95. The molecule has 1 unspecified atom stereocenters. The Morgan fingerprint density at radius 3 is 2.34 bits per heavy atom. The summed E-state index contributed by atoms with van der Waals surface area (Å²) in [7, 11) is 0. The first-order valence-electron chi connectivity index (χ1n) is 9.46. The van der Waals surface area contributed by atoms with Gasteiger partial charge in [-0.05, 0) is 56.2 Å². The lowest BCUT2D eigenvalue weighted by molar-refractivity contribution is -0.127. The van der Waals surface area contributed by atoms with E-state index in [9.17, 15) is 14.4 Å². The number of carbonyl (C=O) groups excluding carboxylic acids is 3. The van der Waals surface area contributed by atoms with Gasteiger partial charge in [0, 0.05) is 29.4 Å². The lowest BCUT2D eigenvalue weighted by Crippen LogP contribution is -2.38. The summed E-state index contributed by atoms with van der Waals surface area (Å²) >= 11 is 5.88. The van der Waals surface area contributed by atoms with Gasteiger partial charge in [-0.1, -0.05) is 29.3 Å². The average molecular weight is 414 g/mol. The maximum absolute atomic E-state index is 12.5. The Labute approximate surface area is 175 Å². The number of anilines is 2. The van der Waals surface area contributed by atoms with Crippen molar-refractivity contribution in [2.45, 2.75) is 27.2 Å². The van der Waals surface area contributed by atoms with E-state index in [4.69, 9.17) is 11.6 Å². The fourth-order valence-electron chi connectivity index (χ4n) is 3.63. The molecule has 1 fully saturated rings. The van der Waals surface area contributed by atoms with Crippen LogP contribution in [-0.4, -0.2) is 30.8 Å². The van der Waals surface area contributed by atoms with Crippen LogP contribution in [0.25, 0.3) is 0 Å². The van der Waals surface area contributed by atoms with Gasteiger partial charge in [0.05, 0.1) is 12.5 Å². The highest BCUT2D eigenvalue weighted by molar-refractivity contribution is 6.30. The molecule has 0 spiro atoms. The van der Waals surface area contributed by atoms with E-state index in [1.165, 1.54) is 0 Å². The first-order chi connectivity index (χ1) is 13.7. The van der Waals surface area contributed by atoms with Crippen molar-refractivity contribution in [3.05, 3.63) is 58.1 Å². The Bertz CT molecular complexity index is 933. The molecule has 0 aliphatic carbocycles. The van der Waals surface area contributed by atoms with Gasteiger partial charge in [0.25, 0.3) is 0 Å². The summed E-state index contributed by atoms with van der Waals surface area (Å²) in [6, 6.07) is 10.9. The van der Waals surface area contributed by atoms with Gasteiger partial charge in [0.1, 0.15) is 0 Å². The minimum atomic E-state index is -0.492. The zero-order chi connectivity index (χ0) is 21.1. The Morgan fingerprint density at radius 2 is 1.72 bits per heavy atom. The van der Waals surface area contributed by atoms with Crippen molar-refractivity contribution in [2.75, 3.05) is 23.3 Å². The molecule has 1 aliphatic rings. The third-order valence-corrected chi connectivity index (χ3v) is 5.25. The molecule has 0 bridgehead atoms. The monoisotopic (exact) mass is 413 g/mol. The van der Waals surface area contributed by atoms with Gasteiger partial charge in [-0.3, -0.25) is 14.4 Å².